The van der Waals surface area contributed by atoms with Crippen molar-refractivity contribution in [2.45, 2.75) is 25.0 Å². The first kappa shape index (κ1) is 13.7. The Morgan fingerprint density at radius 1 is 1.47 bits per heavy atom. The minimum atomic E-state index is -0.769. The lowest BCUT2D eigenvalue weighted by molar-refractivity contribution is -0.132. The standard InChI is InChI=1S/C12H14F2N2O3/c13-7-1-3-10(9(14)5-7)18-6-8-2-4-11(19-8)12(17)16-15/h1,3,5,8,11H,2,4,6,15H2,(H,16,17). The van der Waals surface area contributed by atoms with Crippen molar-refractivity contribution in [1.82, 2.24) is 5.43 Å². The van der Waals surface area contributed by atoms with Crippen molar-refractivity contribution < 1.29 is 23.0 Å². The summed E-state index contributed by atoms with van der Waals surface area (Å²) >= 11 is 0. The van der Waals surface area contributed by atoms with E-state index in [-0.39, 0.29) is 18.5 Å². The van der Waals surface area contributed by atoms with Crippen LogP contribution in [0.2, 0.25) is 0 Å². The van der Waals surface area contributed by atoms with E-state index in [0.29, 0.717) is 12.8 Å². The van der Waals surface area contributed by atoms with Gasteiger partial charge < -0.3 is 9.47 Å². The Bertz CT molecular complexity index is 470. The molecule has 1 saturated heterocycles. The van der Waals surface area contributed by atoms with Gasteiger partial charge in [0, 0.05) is 6.07 Å². The van der Waals surface area contributed by atoms with Crippen molar-refractivity contribution in [1.29, 1.82) is 0 Å². The maximum atomic E-state index is 13.3. The highest BCUT2D eigenvalue weighted by molar-refractivity contribution is 5.80. The highest BCUT2D eigenvalue weighted by Gasteiger charge is 2.30. The van der Waals surface area contributed by atoms with Crippen molar-refractivity contribution in [3.63, 3.8) is 0 Å². The number of rotatable bonds is 4. The number of nitrogens with one attached hydrogen (secondary N) is 1. The summed E-state index contributed by atoms with van der Waals surface area (Å²) in [7, 11) is 0. The predicted molar refractivity (Wildman–Crippen MR) is 62.1 cm³/mol. The minimum Gasteiger partial charge on any atom is -0.488 e. The molecule has 2 rings (SSSR count). The number of halogens is 2. The molecule has 0 radical (unpaired) electrons. The van der Waals surface area contributed by atoms with Crippen molar-refractivity contribution in [3.05, 3.63) is 29.8 Å². The number of carbonyl (C=O) groups is 1. The van der Waals surface area contributed by atoms with E-state index in [1.165, 1.54) is 6.07 Å². The molecule has 1 heterocycles. The number of amides is 1. The molecule has 3 N–H and O–H groups in total. The van der Waals surface area contributed by atoms with Gasteiger partial charge in [0.1, 0.15) is 18.5 Å². The monoisotopic (exact) mass is 272 g/mol. The molecule has 2 unspecified atom stereocenters. The smallest absolute Gasteiger partial charge is 0.263 e. The van der Waals surface area contributed by atoms with Crippen LogP contribution in [-0.4, -0.2) is 24.7 Å². The average molecular weight is 272 g/mol. The van der Waals surface area contributed by atoms with E-state index in [9.17, 15) is 13.6 Å². The summed E-state index contributed by atoms with van der Waals surface area (Å²) in [5.41, 5.74) is 2.01. The summed E-state index contributed by atoms with van der Waals surface area (Å²) < 4.78 is 36.6. The van der Waals surface area contributed by atoms with E-state index in [1.54, 1.807) is 0 Å². The lowest BCUT2D eigenvalue weighted by Gasteiger charge is -2.14. The van der Waals surface area contributed by atoms with Crippen LogP contribution in [0.15, 0.2) is 18.2 Å². The summed E-state index contributed by atoms with van der Waals surface area (Å²) in [4.78, 5) is 11.2. The first-order valence-corrected chi connectivity index (χ1v) is 5.84. The molecule has 0 aliphatic carbocycles. The molecule has 0 spiro atoms. The van der Waals surface area contributed by atoms with Gasteiger partial charge in [-0.25, -0.2) is 14.6 Å². The molecule has 2 atom stereocenters. The molecule has 0 saturated carbocycles. The SMILES string of the molecule is NNC(=O)C1CCC(COc2ccc(F)cc2F)O1. The summed E-state index contributed by atoms with van der Waals surface area (Å²) in [6.45, 7) is 0.0942. The van der Waals surface area contributed by atoms with Crippen molar-refractivity contribution in [2.24, 2.45) is 5.84 Å². The zero-order chi connectivity index (χ0) is 13.8. The van der Waals surface area contributed by atoms with Crippen LogP contribution in [0.25, 0.3) is 0 Å². The Kier molecular flexibility index (Phi) is 4.28. The van der Waals surface area contributed by atoms with Gasteiger partial charge in [-0.3, -0.25) is 10.2 Å². The van der Waals surface area contributed by atoms with Crippen LogP contribution in [-0.2, 0) is 9.53 Å². The van der Waals surface area contributed by atoms with Gasteiger partial charge in [0.15, 0.2) is 11.6 Å². The minimum absolute atomic E-state index is 0.0447. The van der Waals surface area contributed by atoms with E-state index < -0.39 is 23.6 Å². The Hall–Kier alpha value is -1.73. The highest BCUT2D eigenvalue weighted by atomic mass is 19.1. The summed E-state index contributed by atoms with van der Waals surface area (Å²) in [5.74, 6) is 3.13. The molecule has 1 aromatic carbocycles. The number of benzene rings is 1. The summed E-state index contributed by atoms with van der Waals surface area (Å²) in [5, 5.41) is 0. The van der Waals surface area contributed by atoms with E-state index in [4.69, 9.17) is 15.3 Å². The molecule has 0 aromatic heterocycles. The molecular weight excluding hydrogens is 258 g/mol. The second-order valence-electron chi connectivity index (χ2n) is 4.22. The Morgan fingerprint density at radius 3 is 2.95 bits per heavy atom. The highest BCUT2D eigenvalue weighted by Crippen LogP contribution is 2.22. The number of hydrogen-bond donors (Lipinski definition) is 2. The maximum Gasteiger partial charge on any atom is 0.263 e. The van der Waals surface area contributed by atoms with Gasteiger partial charge >= 0.3 is 0 Å². The Balaban J connectivity index is 1.85. The fourth-order valence-corrected chi connectivity index (χ4v) is 1.89. The molecule has 7 heteroatoms. The molecule has 1 amide bonds. The van der Waals surface area contributed by atoms with Crippen LogP contribution >= 0.6 is 0 Å². The van der Waals surface area contributed by atoms with Crippen molar-refractivity contribution in [3.8, 4) is 5.75 Å². The van der Waals surface area contributed by atoms with E-state index in [1.807, 2.05) is 5.43 Å². The fraction of sp³-hybridized carbons (Fsp3) is 0.417. The third kappa shape index (κ3) is 3.39. The number of ether oxygens (including phenoxy) is 2. The van der Waals surface area contributed by atoms with Crippen molar-refractivity contribution in [2.75, 3.05) is 6.61 Å². The van der Waals surface area contributed by atoms with Gasteiger partial charge in [0.25, 0.3) is 5.91 Å². The zero-order valence-electron chi connectivity index (χ0n) is 10.1. The second kappa shape index (κ2) is 5.94. The molecule has 0 bridgehead atoms. The Labute approximate surface area is 108 Å². The third-order valence-corrected chi connectivity index (χ3v) is 2.86. The maximum absolute atomic E-state index is 13.3. The van der Waals surface area contributed by atoms with Crippen LogP contribution in [0.1, 0.15) is 12.8 Å². The van der Waals surface area contributed by atoms with Gasteiger partial charge in [0.05, 0.1) is 6.10 Å². The first-order chi connectivity index (χ1) is 9.10. The molecule has 1 aliphatic heterocycles. The third-order valence-electron chi connectivity index (χ3n) is 2.86. The predicted octanol–water partition coefficient (Wildman–Crippen LogP) is 0.881. The zero-order valence-corrected chi connectivity index (χ0v) is 10.1. The summed E-state index contributed by atoms with van der Waals surface area (Å²) in [6.07, 6.45) is 0.229. The molecule has 5 nitrogen and oxygen atoms in total. The van der Waals surface area contributed by atoms with Gasteiger partial charge in [-0.15, -0.1) is 0 Å². The lowest BCUT2D eigenvalue weighted by Crippen LogP contribution is -2.39. The molecule has 104 valence electrons. The molecule has 19 heavy (non-hydrogen) atoms. The molecule has 1 aromatic rings. The normalized spacial score (nSPS) is 22.3. The van der Waals surface area contributed by atoms with Gasteiger partial charge in [0.2, 0.25) is 0 Å². The van der Waals surface area contributed by atoms with Crippen LogP contribution < -0.4 is 16.0 Å². The van der Waals surface area contributed by atoms with Gasteiger partial charge in [-0.2, -0.15) is 0 Å². The fourth-order valence-electron chi connectivity index (χ4n) is 1.89. The van der Waals surface area contributed by atoms with Crippen LogP contribution in [0, 0.1) is 11.6 Å². The van der Waals surface area contributed by atoms with E-state index in [2.05, 4.69) is 0 Å². The topological polar surface area (TPSA) is 73.6 Å². The number of carbonyl (C=O) groups excluding carboxylic acids is 1. The molecular formula is C12H14F2N2O3. The number of hydrazine groups is 1. The lowest BCUT2D eigenvalue weighted by atomic mass is 10.2. The largest absolute Gasteiger partial charge is 0.488 e. The quantitative estimate of drug-likeness (QED) is 0.485. The van der Waals surface area contributed by atoms with Gasteiger partial charge in [-0.1, -0.05) is 0 Å². The average Bonchev–Trinajstić information content (AvgIpc) is 2.85. The van der Waals surface area contributed by atoms with E-state index in [0.717, 1.165) is 12.1 Å². The molecule has 1 fully saturated rings. The first-order valence-electron chi connectivity index (χ1n) is 5.84. The van der Waals surface area contributed by atoms with Gasteiger partial charge in [-0.05, 0) is 25.0 Å². The summed E-state index contributed by atoms with van der Waals surface area (Å²) in [6, 6.07) is 3.07. The van der Waals surface area contributed by atoms with Crippen LogP contribution in [0.3, 0.4) is 0 Å². The van der Waals surface area contributed by atoms with Crippen molar-refractivity contribution >= 4 is 5.91 Å². The van der Waals surface area contributed by atoms with E-state index >= 15 is 0 Å². The van der Waals surface area contributed by atoms with Crippen LogP contribution in [0.4, 0.5) is 8.78 Å². The number of nitrogens with two attached hydrogens (primary N) is 1. The Morgan fingerprint density at radius 2 is 2.26 bits per heavy atom. The number of hydrogen-bond acceptors (Lipinski definition) is 4. The second-order valence-corrected chi connectivity index (χ2v) is 4.22. The van der Waals surface area contributed by atoms with Crippen LogP contribution in [0.5, 0.6) is 5.75 Å². The molecule has 1 aliphatic rings.